The molecule has 1 fully saturated rings. The third-order valence-electron chi connectivity index (χ3n) is 5.51. The number of anilines is 1. The van der Waals surface area contributed by atoms with Crippen molar-refractivity contribution in [3.63, 3.8) is 0 Å². The topological polar surface area (TPSA) is 6.48 Å². The lowest BCUT2D eigenvalue weighted by atomic mass is 10.1. The molecule has 0 radical (unpaired) electrons. The van der Waals surface area contributed by atoms with Crippen molar-refractivity contribution in [1.29, 1.82) is 0 Å². The van der Waals surface area contributed by atoms with Gasteiger partial charge in [-0.05, 0) is 61.0 Å². The van der Waals surface area contributed by atoms with E-state index in [1.165, 1.54) is 16.1 Å². The van der Waals surface area contributed by atoms with E-state index in [4.69, 9.17) is 34.8 Å². The molecule has 0 saturated carbocycles. The van der Waals surface area contributed by atoms with Crippen LogP contribution in [0.1, 0.15) is 18.5 Å². The van der Waals surface area contributed by atoms with E-state index in [1.54, 1.807) is 11.8 Å². The van der Waals surface area contributed by atoms with E-state index in [9.17, 15) is 0 Å². The lowest BCUT2D eigenvalue weighted by Crippen LogP contribution is -2.47. The van der Waals surface area contributed by atoms with Crippen LogP contribution in [0.25, 0.3) is 0 Å². The quantitative estimate of drug-likeness (QED) is 0.340. The van der Waals surface area contributed by atoms with Gasteiger partial charge in [0.2, 0.25) is 0 Å². The zero-order valence-corrected chi connectivity index (χ0v) is 21.0. The van der Waals surface area contributed by atoms with Crippen LogP contribution in [0.3, 0.4) is 0 Å². The van der Waals surface area contributed by atoms with Gasteiger partial charge >= 0.3 is 0 Å². The molecule has 31 heavy (non-hydrogen) atoms. The van der Waals surface area contributed by atoms with Gasteiger partial charge < -0.3 is 4.90 Å². The monoisotopic (exact) mass is 512 g/mol. The summed E-state index contributed by atoms with van der Waals surface area (Å²) in [7, 11) is 0. The van der Waals surface area contributed by atoms with E-state index in [1.807, 2.05) is 42.5 Å². The van der Waals surface area contributed by atoms with Gasteiger partial charge in [0, 0.05) is 57.7 Å². The normalized spacial score (nSPS) is 15.4. The molecule has 164 valence electrons. The maximum absolute atomic E-state index is 6.40. The summed E-state index contributed by atoms with van der Waals surface area (Å²) in [4.78, 5) is 7.16. The largest absolute Gasteiger partial charge is 0.369 e. The number of nitrogens with zero attached hydrogens (tertiary/aromatic N) is 2. The van der Waals surface area contributed by atoms with Crippen molar-refractivity contribution in [3.05, 3.63) is 87.4 Å². The molecular weight excluding hydrogens is 490 g/mol. The highest BCUT2D eigenvalue weighted by Gasteiger charge is 2.24. The number of benzene rings is 3. The Morgan fingerprint density at radius 3 is 2.19 bits per heavy atom. The average molecular weight is 514 g/mol. The number of hydrogen-bond donors (Lipinski definition) is 0. The third-order valence-corrected chi connectivity index (χ3v) is 7.59. The maximum Gasteiger partial charge on any atom is 0.0545 e. The van der Waals surface area contributed by atoms with Crippen molar-refractivity contribution >= 4 is 64.7 Å². The lowest BCUT2D eigenvalue weighted by molar-refractivity contribution is 0.196. The maximum atomic E-state index is 6.40. The van der Waals surface area contributed by atoms with E-state index in [0.29, 0.717) is 0 Å². The first-order valence-electron chi connectivity index (χ1n) is 9.97. The first-order chi connectivity index (χ1) is 14.5. The number of halogens is 4. The number of hydrogen-bond acceptors (Lipinski definition) is 3. The molecule has 1 atom stereocenters. The van der Waals surface area contributed by atoms with E-state index in [-0.39, 0.29) is 18.4 Å². The highest BCUT2D eigenvalue weighted by atomic mass is 35.5. The fourth-order valence-electron chi connectivity index (χ4n) is 3.82. The van der Waals surface area contributed by atoms with E-state index in [0.717, 1.165) is 46.1 Å². The van der Waals surface area contributed by atoms with E-state index in [2.05, 4.69) is 41.0 Å². The van der Waals surface area contributed by atoms with Crippen molar-refractivity contribution < 1.29 is 0 Å². The standard InChI is InChI=1S/C24H23Cl3N2S.ClH/c1-17(28-11-13-29(14-12-28)20-6-4-5-18(25)15-20)21-16-19(26)9-10-23(21)30-24-8-3-2-7-22(24)27;/h2-10,15-17H,11-14H2,1H3;1H. The van der Waals surface area contributed by atoms with Gasteiger partial charge in [-0.15, -0.1) is 12.4 Å². The molecule has 7 heteroatoms. The molecule has 4 rings (SSSR count). The minimum Gasteiger partial charge on any atom is -0.369 e. The minimum absolute atomic E-state index is 0. The molecule has 0 aliphatic carbocycles. The molecule has 1 heterocycles. The summed E-state index contributed by atoms with van der Waals surface area (Å²) < 4.78 is 0. The van der Waals surface area contributed by atoms with Crippen molar-refractivity contribution in [1.82, 2.24) is 4.90 Å². The zero-order chi connectivity index (χ0) is 21.1. The van der Waals surface area contributed by atoms with Gasteiger partial charge in [0.25, 0.3) is 0 Å². The molecule has 1 aliphatic heterocycles. The summed E-state index contributed by atoms with van der Waals surface area (Å²) in [5.41, 5.74) is 2.43. The Morgan fingerprint density at radius 1 is 0.774 bits per heavy atom. The van der Waals surface area contributed by atoms with Crippen LogP contribution in [0.2, 0.25) is 15.1 Å². The van der Waals surface area contributed by atoms with Crippen molar-refractivity contribution in [2.75, 3.05) is 31.1 Å². The van der Waals surface area contributed by atoms with Crippen molar-refractivity contribution in [3.8, 4) is 0 Å². The van der Waals surface area contributed by atoms with Crippen molar-refractivity contribution in [2.24, 2.45) is 0 Å². The Bertz CT molecular complexity index is 1020. The first kappa shape index (κ1) is 24.6. The smallest absolute Gasteiger partial charge is 0.0545 e. The second-order valence-electron chi connectivity index (χ2n) is 7.39. The van der Waals surface area contributed by atoms with Gasteiger partial charge in [-0.25, -0.2) is 0 Å². The van der Waals surface area contributed by atoms with Gasteiger partial charge in [-0.3, -0.25) is 4.90 Å². The van der Waals surface area contributed by atoms with Crippen molar-refractivity contribution in [2.45, 2.75) is 22.8 Å². The van der Waals surface area contributed by atoms with Gasteiger partial charge in [0.1, 0.15) is 0 Å². The van der Waals surface area contributed by atoms with Crippen LogP contribution in [0.4, 0.5) is 5.69 Å². The summed E-state index contributed by atoms with van der Waals surface area (Å²) in [6.45, 7) is 6.17. The summed E-state index contributed by atoms with van der Waals surface area (Å²) in [6, 6.07) is 22.5. The summed E-state index contributed by atoms with van der Waals surface area (Å²) in [5, 5.41) is 2.31. The summed E-state index contributed by atoms with van der Waals surface area (Å²) >= 11 is 20.6. The first-order valence-corrected chi connectivity index (χ1v) is 11.9. The Morgan fingerprint density at radius 2 is 1.48 bits per heavy atom. The third kappa shape index (κ3) is 6.04. The fourth-order valence-corrected chi connectivity index (χ4v) is 5.47. The Kier molecular flexibility index (Phi) is 8.86. The molecule has 3 aromatic rings. The van der Waals surface area contributed by atoms with E-state index >= 15 is 0 Å². The SMILES string of the molecule is CC(c1cc(Cl)ccc1Sc1ccccc1Cl)N1CCN(c2cccc(Cl)c2)CC1.Cl. The van der Waals surface area contributed by atoms with Crippen LogP contribution in [0, 0.1) is 0 Å². The predicted octanol–water partition coefficient (Wildman–Crippen LogP) is 8.10. The molecule has 0 amide bonds. The predicted molar refractivity (Wildman–Crippen MR) is 138 cm³/mol. The molecule has 0 N–H and O–H groups in total. The molecule has 0 aromatic heterocycles. The highest BCUT2D eigenvalue weighted by molar-refractivity contribution is 7.99. The zero-order valence-electron chi connectivity index (χ0n) is 17.1. The molecule has 1 aliphatic rings. The molecule has 1 saturated heterocycles. The Balaban J connectivity index is 0.00000272. The lowest BCUT2D eigenvalue weighted by Gasteiger charge is -2.39. The van der Waals surface area contributed by atoms with Gasteiger partial charge in [-0.2, -0.15) is 0 Å². The molecule has 0 spiro atoms. The Hall–Kier alpha value is -1.07. The second-order valence-corrected chi connectivity index (χ2v) is 9.76. The second kappa shape index (κ2) is 11.2. The van der Waals surface area contributed by atoms with Gasteiger partial charge in [-0.1, -0.05) is 64.8 Å². The molecule has 2 nitrogen and oxygen atoms in total. The highest BCUT2D eigenvalue weighted by Crippen LogP contribution is 2.39. The van der Waals surface area contributed by atoms with Crippen LogP contribution in [-0.2, 0) is 0 Å². The van der Waals surface area contributed by atoms with Gasteiger partial charge in [0.05, 0.1) is 5.02 Å². The average Bonchev–Trinajstić information content (AvgIpc) is 2.76. The summed E-state index contributed by atoms with van der Waals surface area (Å²) in [6.07, 6.45) is 0. The number of piperazine rings is 1. The molecule has 0 bridgehead atoms. The summed E-state index contributed by atoms with van der Waals surface area (Å²) in [5.74, 6) is 0. The van der Waals surface area contributed by atoms with E-state index < -0.39 is 0 Å². The van der Waals surface area contributed by atoms with Crippen LogP contribution < -0.4 is 4.90 Å². The fraction of sp³-hybridized carbons (Fsp3) is 0.250. The van der Waals surface area contributed by atoms with Crippen LogP contribution in [-0.4, -0.2) is 31.1 Å². The molecule has 1 unspecified atom stereocenters. The molecular formula is C24H24Cl4N2S. The Labute approximate surface area is 209 Å². The van der Waals surface area contributed by atoms with Gasteiger partial charge in [0.15, 0.2) is 0 Å². The van der Waals surface area contributed by atoms with Crippen LogP contribution in [0.5, 0.6) is 0 Å². The number of rotatable bonds is 5. The van der Waals surface area contributed by atoms with Crippen LogP contribution in [0.15, 0.2) is 76.5 Å². The van der Waals surface area contributed by atoms with Crippen LogP contribution >= 0.6 is 59.0 Å². The minimum atomic E-state index is 0. The molecule has 3 aromatic carbocycles.